The number of oxazole rings is 1. The number of hydrogen-bond acceptors (Lipinski definition) is 5. The topological polar surface area (TPSA) is 75.9 Å². The number of aryl methyl sites for hydroxylation is 1. The minimum atomic E-state index is 0.0913. The molecular weight excluding hydrogens is 292 g/mol. The van der Waals surface area contributed by atoms with Gasteiger partial charge in [0.2, 0.25) is 5.88 Å². The second-order valence-corrected chi connectivity index (χ2v) is 5.10. The highest BCUT2D eigenvalue weighted by Gasteiger charge is 2.15. The molecule has 2 heterocycles. The van der Waals surface area contributed by atoms with E-state index < -0.39 is 0 Å². The first-order valence-corrected chi connectivity index (χ1v) is 7.35. The summed E-state index contributed by atoms with van der Waals surface area (Å²) in [4.78, 5) is 4.25. The highest BCUT2D eigenvalue weighted by Crippen LogP contribution is 2.39. The number of benzene rings is 2. The molecule has 23 heavy (non-hydrogen) atoms. The van der Waals surface area contributed by atoms with Gasteiger partial charge in [-0.2, -0.15) is 4.98 Å². The molecule has 4 aromatic rings. The molecule has 0 spiro atoms. The van der Waals surface area contributed by atoms with Crippen LogP contribution in [0.5, 0.6) is 5.88 Å². The van der Waals surface area contributed by atoms with Crippen molar-refractivity contribution >= 4 is 33.7 Å². The average molecular weight is 306 g/mol. The van der Waals surface area contributed by atoms with Crippen molar-refractivity contribution in [3.63, 3.8) is 0 Å². The molecule has 114 valence electrons. The summed E-state index contributed by atoms with van der Waals surface area (Å²) < 4.78 is 7.30. The number of para-hydroxylation sites is 3. The summed E-state index contributed by atoms with van der Waals surface area (Å²) in [5, 5.41) is 19.4. The number of aromatic nitrogens is 2. The molecule has 6 heteroatoms. The van der Waals surface area contributed by atoms with E-state index in [1.165, 1.54) is 0 Å². The molecule has 0 bridgehead atoms. The van der Waals surface area contributed by atoms with Crippen LogP contribution in [0.4, 0.5) is 11.7 Å². The lowest BCUT2D eigenvalue weighted by atomic mass is 10.2. The van der Waals surface area contributed by atoms with Crippen LogP contribution in [0.1, 0.15) is 6.92 Å². The van der Waals surface area contributed by atoms with E-state index in [2.05, 4.69) is 15.2 Å². The summed E-state index contributed by atoms with van der Waals surface area (Å²) in [5.41, 5.74) is 2.71. The van der Waals surface area contributed by atoms with Crippen molar-refractivity contribution in [2.24, 2.45) is 10.2 Å². The minimum absolute atomic E-state index is 0.0913. The van der Waals surface area contributed by atoms with Gasteiger partial charge in [0.25, 0.3) is 0 Å². The lowest BCUT2D eigenvalue weighted by Crippen LogP contribution is -1.91. The summed E-state index contributed by atoms with van der Waals surface area (Å²) in [6.07, 6.45) is 0. The summed E-state index contributed by atoms with van der Waals surface area (Å²) in [6, 6.07) is 15.3. The molecule has 0 aliphatic heterocycles. The Balaban J connectivity index is 1.81. The van der Waals surface area contributed by atoms with Gasteiger partial charge in [-0.25, -0.2) is 0 Å². The number of rotatable bonds is 3. The molecular formula is C17H14N4O2. The Labute approximate surface area is 131 Å². The molecule has 6 nitrogen and oxygen atoms in total. The quantitative estimate of drug-likeness (QED) is 0.545. The van der Waals surface area contributed by atoms with Crippen molar-refractivity contribution in [1.29, 1.82) is 0 Å². The SMILES string of the molecule is CCn1c(O)c(N=Nc2nc3ccccc3o2)c2ccccc21. The van der Waals surface area contributed by atoms with Crippen molar-refractivity contribution in [2.45, 2.75) is 13.5 Å². The van der Waals surface area contributed by atoms with Crippen LogP contribution in [0, 0.1) is 0 Å². The maximum atomic E-state index is 10.4. The number of azo groups is 1. The summed E-state index contributed by atoms with van der Waals surface area (Å²) >= 11 is 0. The predicted molar refractivity (Wildman–Crippen MR) is 87.5 cm³/mol. The maximum absolute atomic E-state index is 10.4. The van der Waals surface area contributed by atoms with Crippen LogP contribution in [0.2, 0.25) is 0 Å². The summed E-state index contributed by atoms with van der Waals surface area (Å²) in [7, 11) is 0. The van der Waals surface area contributed by atoms with Crippen molar-refractivity contribution in [3.8, 4) is 5.88 Å². The Morgan fingerprint density at radius 1 is 1.09 bits per heavy atom. The second kappa shape index (κ2) is 5.24. The van der Waals surface area contributed by atoms with Crippen LogP contribution in [0.15, 0.2) is 63.2 Å². The van der Waals surface area contributed by atoms with Gasteiger partial charge < -0.3 is 14.1 Å². The summed E-state index contributed by atoms with van der Waals surface area (Å²) in [5.74, 6) is 0.0913. The largest absolute Gasteiger partial charge is 0.493 e. The highest BCUT2D eigenvalue weighted by atomic mass is 16.4. The monoisotopic (exact) mass is 306 g/mol. The van der Waals surface area contributed by atoms with Crippen molar-refractivity contribution in [3.05, 3.63) is 48.5 Å². The van der Waals surface area contributed by atoms with Crippen LogP contribution in [-0.2, 0) is 6.54 Å². The molecule has 0 amide bonds. The molecule has 0 radical (unpaired) electrons. The lowest BCUT2D eigenvalue weighted by Gasteiger charge is -2.00. The van der Waals surface area contributed by atoms with Gasteiger partial charge in [0.1, 0.15) is 5.52 Å². The molecule has 4 rings (SSSR count). The van der Waals surface area contributed by atoms with Crippen LogP contribution < -0.4 is 0 Å². The third kappa shape index (κ3) is 2.15. The molecule has 0 aliphatic rings. The van der Waals surface area contributed by atoms with Crippen molar-refractivity contribution in [1.82, 2.24) is 9.55 Å². The van der Waals surface area contributed by atoms with Gasteiger partial charge >= 0.3 is 6.01 Å². The van der Waals surface area contributed by atoms with Crippen LogP contribution in [0.3, 0.4) is 0 Å². The molecule has 0 saturated carbocycles. The van der Waals surface area contributed by atoms with Gasteiger partial charge in [-0.1, -0.05) is 35.4 Å². The standard InChI is InChI=1S/C17H14N4O2/c1-2-21-13-9-5-3-7-11(13)15(16(21)22)19-20-17-18-12-8-4-6-10-14(12)23-17/h3-10,22H,2H2,1H3. The average Bonchev–Trinajstić information content (AvgIpc) is 3.10. The van der Waals surface area contributed by atoms with E-state index >= 15 is 0 Å². The number of hydrogen-bond donors (Lipinski definition) is 1. The maximum Gasteiger partial charge on any atom is 0.341 e. The zero-order valence-electron chi connectivity index (χ0n) is 12.5. The molecule has 0 atom stereocenters. The number of nitrogens with zero attached hydrogens (tertiary/aromatic N) is 4. The molecule has 0 saturated heterocycles. The first-order valence-electron chi connectivity index (χ1n) is 7.35. The smallest absolute Gasteiger partial charge is 0.341 e. The normalized spacial score (nSPS) is 11.9. The van der Waals surface area contributed by atoms with Crippen molar-refractivity contribution in [2.75, 3.05) is 0 Å². The van der Waals surface area contributed by atoms with E-state index in [4.69, 9.17) is 4.42 Å². The lowest BCUT2D eigenvalue weighted by molar-refractivity contribution is 0.426. The molecule has 2 aromatic carbocycles. The zero-order valence-corrected chi connectivity index (χ0v) is 12.5. The zero-order chi connectivity index (χ0) is 15.8. The Morgan fingerprint density at radius 3 is 2.70 bits per heavy atom. The van der Waals surface area contributed by atoms with Crippen LogP contribution in [0.25, 0.3) is 22.0 Å². The third-order valence-electron chi connectivity index (χ3n) is 3.75. The molecule has 0 unspecified atom stereocenters. The number of fused-ring (bicyclic) bond motifs is 2. The third-order valence-corrected chi connectivity index (χ3v) is 3.75. The van der Waals surface area contributed by atoms with Gasteiger partial charge in [-0.05, 0) is 25.1 Å². The summed E-state index contributed by atoms with van der Waals surface area (Å²) in [6.45, 7) is 2.61. The van der Waals surface area contributed by atoms with Crippen LogP contribution in [-0.4, -0.2) is 14.7 Å². The van der Waals surface area contributed by atoms with Gasteiger partial charge in [-0.3, -0.25) is 0 Å². The Bertz CT molecular complexity index is 997. The fraction of sp³-hybridized carbons (Fsp3) is 0.118. The molecule has 0 fully saturated rings. The van der Waals surface area contributed by atoms with Gasteiger partial charge in [-0.15, -0.1) is 5.11 Å². The van der Waals surface area contributed by atoms with E-state index in [9.17, 15) is 5.11 Å². The van der Waals surface area contributed by atoms with Gasteiger partial charge in [0.05, 0.1) is 5.52 Å². The van der Waals surface area contributed by atoms with Gasteiger partial charge in [0, 0.05) is 11.9 Å². The Hall–Kier alpha value is -3.15. The fourth-order valence-corrected chi connectivity index (χ4v) is 2.69. The predicted octanol–water partition coefficient (Wildman–Crippen LogP) is 4.92. The Morgan fingerprint density at radius 2 is 1.87 bits per heavy atom. The highest BCUT2D eigenvalue weighted by molar-refractivity contribution is 5.95. The van der Waals surface area contributed by atoms with Crippen LogP contribution >= 0.6 is 0 Å². The van der Waals surface area contributed by atoms with Gasteiger partial charge in [0.15, 0.2) is 11.3 Å². The molecule has 1 N–H and O–H groups in total. The van der Waals surface area contributed by atoms with E-state index in [0.29, 0.717) is 17.8 Å². The first-order chi connectivity index (χ1) is 11.3. The molecule has 0 aliphatic carbocycles. The minimum Gasteiger partial charge on any atom is -0.493 e. The Kier molecular flexibility index (Phi) is 3.08. The number of aromatic hydroxyl groups is 1. The fourth-order valence-electron chi connectivity index (χ4n) is 2.69. The van der Waals surface area contributed by atoms with Crippen molar-refractivity contribution < 1.29 is 9.52 Å². The van der Waals surface area contributed by atoms with E-state index in [1.54, 1.807) is 4.57 Å². The first kappa shape index (κ1) is 13.5. The van der Waals surface area contributed by atoms with E-state index in [-0.39, 0.29) is 11.9 Å². The van der Waals surface area contributed by atoms with E-state index in [0.717, 1.165) is 16.4 Å². The molecule has 2 aromatic heterocycles. The van der Waals surface area contributed by atoms with E-state index in [1.807, 2.05) is 55.5 Å². The second-order valence-electron chi connectivity index (χ2n) is 5.10.